The molecule has 3 N–H and O–H groups in total. The SMILES string of the molecule is [F-].[F-].[F-].[OH-].[OH-].[OH-].[Y+3].[Y+3]. The summed E-state index contributed by atoms with van der Waals surface area (Å²) in [4.78, 5) is 0. The first-order valence-electron chi connectivity index (χ1n) is 0. The number of rotatable bonds is 0. The van der Waals surface area contributed by atoms with Crippen molar-refractivity contribution in [3.8, 4) is 0 Å². The van der Waals surface area contributed by atoms with E-state index in [0.29, 0.717) is 0 Å². The van der Waals surface area contributed by atoms with E-state index >= 15 is 0 Å². The first-order valence-corrected chi connectivity index (χ1v) is 0. The van der Waals surface area contributed by atoms with Crippen molar-refractivity contribution in [3.63, 3.8) is 0 Å². The van der Waals surface area contributed by atoms with Crippen molar-refractivity contribution in [1.82, 2.24) is 0 Å². The van der Waals surface area contributed by atoms with Gasteiger partial charge in [0.25, 0.3) is 0 Å². The van der Waals surface area contributed by atoms with Crippen LogP contribution in [0.1, 0.15) is 0 Å². The van der Waals surface area contributed by atoms with Gasteiger partial charge >= 0.3 is 65.4 Å². The molecule has 0 heterocycles. The fraction of sp³-hybridized carbons (Fsp3) is 0. The predicted molar refractivity (Wildman–Crippen MR) is 5.81 cm³/mol. The summed E-state index contributed by atoms with van der Waals surface area (Å²) in [5.41, 5.74) is 0. The molecule has 8 heteroatoms. The minimum absolute atomic E-state index is 0. The quantitative estimate of drug-likeness (QED) is 0.443. The van der Waals surface area contributed by atoms with E-state index in [-0.39, 0.29) is 96.0 Å². The Morgan fingerprint density at radius 3 is 0.375 bits per heavy atom. The standard InChI is InChI=1S/3FH.3H2O.2Y/h3*1H;3*1H2;;/q;;;;;;2*+3/p-6. The third-order valence-corrected chi connectivity index (χ3v) is 0. The van der Waals surface area contributed by atoms with Gasteiger partial charge in [-0.05, 0) is 0 Å². The summed E-state index contributed by atoms with van der Waals surface area (Å²) in [6, 6.07) is 0. The molecule has 0 bridgehead atoms. The third-order valence-electron chi connectivity index (χ3n) is 0. The average Bonchev–Trinajstić information content (AvgIpc) is 0. The van der Waals surface area contributed by atoms with E-state index in [2.05, 4.69) is 0 Å². The molecule has 0 aromatic rings. The van der Waals surface area contributed by atoms with Crippen molar-refractivity contribution in [1.29, 1.82) is 0 Å². The maximum absolute atomic E-state index is 0. The maximum Gasteiger partial charge on any atom is 3.00 e. The van der Waals surface area contributed by atoms with Crippen LogP contribution in [0.2, 0.25) is 0 Å². The van der Waals surface area contributed by atoms with Crippen LogP contribution in [0.5, 0.6) is 0 Å². The molecule has 0 aromatic carbocycles. The van der Waals surface area contributed by atoms with Crippen molar-refractivity contribution in [2.45, 2.75) is 0 Å². The van der Waals surface area contributed by atoms with Gasteiger partial charge in [0.1, 0.15) is 0 Å². The molecule has 0 unspecified atom stereocenters. The normalized spacial score (nSPS) is 0. The molecule has 0 spiro atoms. The van der Waals surface area contributed by atoms with Crippen LogP contribution < -0.4 is 14.1 Å². The van der Waals surface area contributed by atoms with E-state index in [1.54, 1.807) is 0 Å². The van der Waals surface area contributed by atoms with Gasteiger partial charge in [-0.2, -0.15) is 0 Å². The molecule has 0 saturated carbocycles. The molecular weight excluding hydrogens is 283 g/mol. The number of hydrogen-bond donors (Lipinski definition) is 0. The summed E-state index contributed by atoms with van der Waals surface area (Å²) in [5.74, 6) is 0. The van der Waals surface area contributed by atoms with Crippen molar-refractivity contribution in [2.24, 2.45) is 0 Å². The van der Waals surface area contributed by atoms with E-state index in [9.17, 15) is 0 Å². The molecule has 0 amide bonds. The van der Waals surface area contributed by atoms with Crippen molar-refractivity contribution in [3.05, 3.63) is 0 Å². The molecule has 0 fully saturated rings. The van der Waals surface area contributed by atoms with Gasteiger partial charge in [0.05, 0.1) is 0 Å². The van der Waals surface area contributed by atoms with Gasteiger partial charge in [-0.3, -0.25) is 0 Å². The summed E-state index contributed by atoms with van der Waals surface area (Å²) < 4.78 is 0. The Morgan fingerprint density at radius 1 is 0.375 bits per heavy atom. The van der Waals surface area contributed by atoms with Gasteiger partial charge in [0.15, 0.2) is 0 Å². The number of hydrogen-bond acceptors (Lipinski definition) is 3. The van der Waals surface area contributed by atoms with E-state index in [0.717, 1.165) is 0 Å². The summed E-state index contributed by atoms with van der Waals surface area (Å²) in [6.45, 7) is 0. The summed E-state index contributed by atoms with van der Waals surface area (Å²) >= 11 is 0. The molecule has 0 rings (SSSR count). The van der Waals surface area contributed by atoms with Crippen LogP contribution in [0.25, 0.3) is 0 Å². The molecular formula is H3F3O3Y2. The fourth-order valence-electron chi connectivity index (χ4n) is 0. The Morgan fingerprint density at radius 2 is 0.375 bits per heavy atom. The number of halogens is 3. The van der Waals surface area contributed by atoms with E-state index in [1.165, 1.54) is 0 Å². The van der Waals surface area contributed by atoms with Gasteiger partial charge in [-0.1, -0.05) is 0 Å². The Balaban J connectivity index is 0. The smallest absolute Gasteiger partial charge is 1.00 e. The van der Waals surface area contributed by atoms with Crippen LogP contribution in [-0.2, 0) is 65.4 Å². The van der Waals surface area contributed by atoms with Crippen LogP contribution in [0.4, 0.5) is 0 Å². The van der Waals surface area contributed by atoms with Crippen LogP contribution in [-0.4, -0.2) is 16.4 Å². The van der Waals surface area contributed by atoms with E-state index < -0.39 is 0 Å². The van der Waals surface area contributed by atoms with Gasteiger partial charge < -0.3 is 30.5 Å². The van der Waals surface area contributed by atoms with Gasteiger partial charge in [-0.25, -0.2) is 0 Å². The molecule has 0 aliphatic carbocycles. The van der Waals surface area contributed by atoms with Crippen molar-refractivity contribution in [2.75, 3.05) is 0 Å². The average molecular weight is 286 g/mol. The zero-order chi connectivity index (χ0) is 0. The van der Waals surface area contributed by atoms with Gasteiger partial charge in [0, 0.05) is 0 Å². The van der Waals surface area contributed by atoms with Crippen LogP contribution in [0.15, 0.2) is 0 Å². The molecule has 0 aromatic heterocycles. The van der Waals surface area contributed by atoms with E-state index in [1.807, 2.05) is 0 Å². The Hall–Kier alpha value is 1.88. The monoisotopic (exact) mass is 286 g/mol. The van der Waals surface area contributed by atoms with Gasteiger partial charge in [0.2, 0.25) is 0 Å². The minimum atomic E-state index is 0. The van der Waals surface area contributed by atoms with Crippen molar-refractivity contribution >= 4 is 0 Å². The summed E-state index contributed by atoms with van der Waals surface area (Å²) in [5, 5.41) is 0. The van der Waals surface area contributed by atoms with Crippen LogP contribution >= 0.6 is 0 Å². The maximum atomic E-state index is 0. The molecule has 0 saturated heterocycles. The van der Waals surface area contributed by atoms with Gasteiger partial charge in [-0.15, -0.1) is 0 Å². The van der Waals surface area contributed by atoms with Crippen LogP contribution in [0.3, 0.4) is 0 Å². The second kappa shape index (κ2) is 156. The van der Waals surface area contributed by atoms with Crippen LogP contribution in [0, 0.1) is 0 Å². The molecule has 0 aliphatic heterocycles. The molecule has 0 atom stereocenters. The first-order chi connectivity index (χ1) is 0. The predicted octanol–water partition coefficient (Wildman–Crippen LogP) is -9.52. The van der Waals surface area contributed by atoms with E-state index in [4.69, 9.17) is 0 Å². The zero-order valence-electron chi connectivity index (χ0n) is 3.63. The minimum Gasteiger partial charge on any atom is -1.00 e. The fourth-order valence-corrected chi connectivity index (χ4v) is 0. The molecule has 0 radical (unpaired) electrons. The summed E-state index contributed by atoms with van der Waals surface area (Å²) in [7, 11) is 0. The summed E-state index contributed by atoms with van der Waals surface area (Å²) in [6.07, 6.45) is 0. The third kappa shape index (κ3) is 106. The topological polar surface area (TPSA) is 90.0 Å². The zero-order valence-corrected chi connectivity index (χ0v) is 9.31. The molecule has 3 nitrogen and oxygen atoms in total. The Kier molecular flexibility index (Phi) is 4310. The molecule has 48 valence electrons. The first kappa shape index (κ1) is 221. The second-order valence-electron chi connectivity index (χ2n) is 0. The largest absolute Gasteiger partial charge is 3.00 e. The molecule has 0 aliphatic rings. The molecule has 8 heavy (non-hydrogen) atoms. The van der Waals surface area contributed by atoms with Crippen molar-refractivity contribution < 1.29 is 96.0 Å². The second-order valence-corrected chi connectivity index (χ2v) is 0. The Bertz CT molecular complexity index is 12.5. The Labute approximate surface area is 94.8 Å².